The third kappa shape index (κ3) is 6.50. The van der Waals surface area contributed by atoms with Crippen molar-refractivity contribution in [2.24, 2.45) is 5.10 Å². The fourth-order valence-corrected chi connectivity index (χ4v) is 2.76. The Morgan fingerprint density at radius 2 is 1.79 bits per heavy atom. The zero-order valence-corrected chi connectivity index (χ0v) is 17.6. The Hall–Kier alpha value is -3.06. The Bertz CT molecular complexity index is 928. The number of nitrogens with one attached hydrogen (secondary N) is 2. The summed E-state index contributed by atoms with van der Waals surface area (Å²) in [5.41, 5.74) is 5.13. The zero-order valence-electron chi connectivity index (χ0n) is 16.8. The molecule has 2 N–H and O–H groups in total. The highest BCUT2D eigenvalue weighted by Gasteiger charge is 2.10. The molecule has 2 aromatic rings. The highest BCUT2D eigenvalue weighted by atomic mass is 35.5. The third-order valence-corrected chi connectivity index (χ3v) is 4.55. The van der Waals surface area contributed by atoms with Crippen molar-refractivity contribution < 1.29 is 19.1 Å². The van der Waals surface area contributed by atoms with E-state index in [1.165, 1.54) is 7.11 Å². The second kappa shape index (κ2) is 10.5. The molecule has 0 bridgehead atoms. The smallest absolute Gasteiger partial charge is 0.244 e. The molecular formula is C21H24ClN3O4. The average Bonchev–Trinajstić information content (AvgIpc) is 2.69. The first-order chi connectivity index (χ1) is 13.8. The molecule has 0 unspecified atom stereocenters. The van der Waals surface area contributed by atoms with Crippen LogP contribution in [0.25, 0.3) is 0 Å². The molecule has 0 radical (unpaired) electrons. The number of ether oxygens (including phenoxy) is 2. The lowest BCUT2D eigenvalue weighted by Gasteiger charge is -2.10. The van der Waals surface area contributed by atoms with Gasteiger partial charge in [-0.05, 0) is 49.2 Å². The normalized spacial score (nSPS) is 11.0. The van der Waals surface area contributed by atoms with Gasteiger partial charge in [-0.15, -0.1) is 0 Å². The number of benzene rings is 2. The van der Waals surface area contributed by atoms with Crippen LogP contribution in [0.3, 0.4) is 0 Å². The van der Waals surface area contributed by atoms with E-state index in [1.807, 2.05) is 6.92 Å². The molecule has 0 fully saturated rings. The maximum atomic E-state index is 12.2. The molecule has 2 amide bonds. The molecule has 29 heavy (non-hydrogen) atoms. The third-order valence-electron chi connectivity index (χ3n) is 4.14. The summed E-state index contributed by atoms with van der Waals surface area (Å²) in [7, 11) is 3.08. The Morgan fingerprint density at radius 3 is 2.48 bits per heavy atom. The zero-order chi connectivity index (χ0) is 21.4. The van der Waals surface area contributed by atoms with Crippen molar-refractivity contribution in [2.75, 3.05) is 19.5 Å². The van der Waals surface area contributed by atoms with Gasteiger partial charge in [-0.2, -0.15) is 5.10 Å². The number of nitrogens with zero attached hydrogens (tertiary/aromatic N) is 1. The van der Waals surface area contributed by atoms with Crippen molar-refractivity contribution in [1.29, 1.82) is 0 Å². The largest absolute Gasteiger partial charge is 0.493 e. The number of carbonyl (C=O) groups excluding carboxylic acids is 2. The van der Waals surface area contributed by atoms with Crippen molar-refractivity contribution >= 4 is 34.8 Å². The van der Waals surface area contributed by atoms with Crippen LogP contribution in [0.1, 0.15) is 24.5 Å². The lowest BCUT2D eigenvalue weighted by atomic mass is 10.1. The topological polar surface area (TPSA) is 89.0 Å². The fraction of sp³-hybridized carbons (Fsp3) is 0.286. The lowest BCUT2D eigenvalue weighted by Crippen LogP contribution is -2.23. The number of amides is 2. The van der Waals surface area contributed by atoms with E-state index in [0.29, 0.717) is 27.9 Å². The van der Waals surface area contributed by atoms with Gasteiger partial charge in [0.25, 0.3) is 0 Å². The molecule has 0 saturated heterocycles. The van der Waals surface area contributed by atoms with E-state index in [2.05, 4.69) is 15.8 Å². The van der Waals surface area contributed by atoms with Crippen molar-refractivity contribution in [3.8, 4) is 11.5 Å². The van der Waals surface area contributed by atoms with Gasteiger partial charge < -0.3 is 14.8 Å². The van der Waals surface area contributed by atoms with E-state index in [-0.39, 0.29) is 24.7 Å². The molecule has 7 nitrogen and oxygen atoms in total. The Kier molecular flexibility index (Phi) is 8.03. The first kappa shape index (κ1) is 22.2. The first-order valence-electron chi connectivity index (χ1n) is 8.92. The monoisotopic (exact) mass is 417 g/mol. The summed E-state index contributed by atoms with van der Waals surface area (Å²) in [5, 5.41) is 7.36. The molecule has 0 atom stereocenters. The van der Waals surface area contributed by atoms with Gasteiger partial charge in [-0.1, -0.05) is 23.7 Å². The second-order valence-electron chi connectivity index (χ2n) is 6.39. The van der Waals surface area contributed by atoms with E-state index in [9.17, 15) is 9.59 Å². The number of methoxy groups -OCH3 is 2. The Labute approximate surface area is 175 Å². The molecule has 0 aliphatic rings. The molecule has 8 heteroatoms. The molecule has 2 aromatic carbocycles. The number of halogens is 1. The van der Waals surface area contributed by atoms with Crippen LogP contribution in [0.2, 0.25) is 5.02 Å². The quantitative estimate of drug-likeness (QED) is 0.506. The molecule has 0 aliphatic heterocycles. The minimum absolute atomic E-state index is 0.0442. The maximum Gasteiger partial charge on any atom is 0.244 e. The van der Waals surface area contributed by atoms with Crippen LogP contribution < -0.4 is 20.2 Å². The number of anilines is 1. The molecule has 154 valence electrons. The molecule has 0 aliphatic carbocycles. The molecule has 0 spiro atoms. The van der Waals surface area contributed by atoms with E-state index < -0.39 is 0 Å². The molecule has 2 rings (SSSR count). The summed E-state index contributed by atoms with van der Waals surface area (Å²) in [5.74, 6) is 0.588. The van der Waals surface area contributed by atoms with Gasteiger partial charge in [0, 0.05) is 16.4 Å². The SMILES string of the molecule is COc1ccc(CC(=O)N/N=C(\C)CC(=O)Nc2cccc(Cl)c2C)cc1OC. The van der Waals surface area contributed by atoms with E-state index in [4.69, 9.17) is 21.1 Å². The number of rotatable bonds is 8. The number of hydrogen-bond acceptors (Lipinski definition) is 5. The Morgan fingerprint density at radius 1 is 1.07 bits per heavy atom. The summed E-state index contributed by atoms with van der Waals surface area (Å²) >= 11 is 6.05. The summed E-state index contributed by atoms with van der Waals surface area (Å²) < 4.78 is 10.4. The van der Waals surface area contributed by atoms with Crippen LogP contribution in [-0.4, -0.2) is 31.7 Å². The van der Waals surface area contributed by atoms with Crippen molar-refractivity contribution in [2.45, 2.75) is 26.7 Å². The molecule has 0 heterocycles. The summed E-state index contributed by atoms with van der Waals surface area (Å²) in [6.07, 6.45) is 0.160. The summed E-state index contributed by atoms with van der Waals surface area (Å²) in [4.78, 5) is 24.3. The second-order valence-corrected chi connectivity index (χ2v) is 6.79. The number of hydrazone groups is 1. The first-order valence-corrected chi connectivity index (χ1v) is 9.29. The van der Waals surface area contributed by atoms with Crippen LogP contribution in [0.4, 0.5) is 5.69 Å². The predicted octanol–water partition coefficient (Wildman–Crippen LogP) is 3.73. The van der Waals surface area contributed by atoms with Crippen molar-refractivity contribution in [3.05, 3.63) is 52.5 Å². The highest BCUT2D eigenvalue weighted by molar-refractivity contribution is 6.31. The van der Waals surface area contributed by atoms with E-state index in [1.54, 1.807) is 50.4 Å². The van der Waals surface area contributed by atoms with E-state index in [0.717, 1.165) is 11.1 Å². The van der Waals surface area contributed by atoms with Gasteiger partial charge >= 0.3 is 0 Å². The summed E-state index contributed by atoms with van der Waals surface area (Å²) in [6, 6.07) is 10.5. The van der Waals surface area contributed by atoms with E-state index >= 15 is 0 Å². The van der Waals surface area contributed by atoms with Crippen LogP contribution in [0, 0.1) is 6.92 Å². The van der Waals surface area contributed by atoms with Gasteiger partial charge in [0.15, 0.2) is 11.5 Å². The summed E-state index contributed by atoms with van der Waals surface area (Å²) in [6.45, 7) is 3.49. The van der Waals surface area contributed by atoms with Crippen molar-refractivity contribution in [1.82, 2.24) is 5.43 Å². The van der Waals surface area contributed by atoms with Crippen LogP contribution in [0.15, 0.2) is 41.5 Å². The Balaban J connectivity index is 1.89. The number of hydrogen-bond donors (Lipinski definition) is 2. The van der Waals surface area contributed by atoms with Gasteiger partial charge in [0.05, 0.1) is 27.1 Å². The van der Waals surface area contributed by atoms with Crippen LogP contribution >= 0.6 is 11.6 Å². The maximum absolute atomic E-state index is 12.2. The minimum atomic E-state index is -0.303. The fourth-order valence-electron chi connectivity index (χ4n) is 2.58. The standard InChI is InChI=1S/C21H24ClN3O4/c1-13(10-20(26)23-17-7-5-6-16(22)14(17)2)24-25-21(27)12-15-8-9-18(28-3)19(11-15)29-4/h5-9,11H,10,12H2,1-4H3,(H,23,26)(H,25,27)/b24-13+. The highest BCUT2D eigenvalue weighted by Crippen LogP contribution is 2.27. The van der Waals surface area contributed by atoms with Gasteiger partial charge in [0.1, 0.15) is 0 Å². The van der Waals surface area contributed by atoms with Gasteiger partial charge in [0.2, 0.25) is 11.8 Å². The lowest BCUT2D eigenvalue weighted by molar-refractivity contribution is -0.120. The minimum Gasteiger partial charge on any atom is -0.493 e. The van der Waals surface area contributed by atoms with Gasteiger partial charge in [-0.3, -0.25) is 9.59 Å². The molecule has 0 saturated carbocycles. The van der Waals surface area contributed by atoms with Gasteiger partial charge in [-0.25, -0.2) is 5.43 Å². The number of carbonyl (C=O) groups is 2. The molecule has 0 aromatic heterocycles. The van der Waals surface area contributed by atoms with Crippen LogP contribution in [0.5, 0.6) is 11.5 Å². The van der Waals surface area contributed by atoms with Crippen molar-refractivity contribution in [3.63, 3.8) is 0 Å². The average molecular weight is 418 g/mol. The van der Waals surface area contributed by atoms with Crippen LogP contribution in [-0.2, 0) is 16.0 Å². The predicted molar refractivity (Wildman–Crippen MR) is 114 cm³/mol. The molecular weight excluding hydrogens is 394 g/mol.